The molecule has 0 amide bonds. The molecule has 0 bridgehead atoms. The minimum Gasteiger partial charge on any atom is -0.309 e. The summed E-state index contributed by atoms with van der Waals surface area (Å²) in [5.74, 6) is 0. The Bertz CT molecular complexity index is 2710. The highest BCUT2D eigenvalue weighted by Crippen LogP contribution is 2.42. The summed E-state index contributed by atoms with van der Waals surface area (Å²) in [5.41, 5.74) is 17.2. The van der Waals surface area contributed by atoms with Gasteiger partial charge in [-0.1, -0.05) is 160 Å². The van der Waals surface area contributed by atoms with Crippen molar-refractivity contribution < 1.29 is 0 Å². The number of nitrogens with zero attached hydrogens (tertiary/aromatic N) is 2. The van der Waals surface area contributed by atoms with Crippen LogP contribution in [0.4, 0.5) is 5.69 Å². The minimum atomic E-state index is -0.141. The van der Waals surface area contributed by atoms with E-state index < -0.39 is 0 Å². The normalized spacial score (nSPS) is 16.5. The highest BCUT2D eigenvalue weighted by molar-refractivity contribution is 6.10. The number of hydrogen-bond acceptors (Lipinski definition) is 1. The summed E-state index contributed by atoms with van der Waals surface area (Å²) in [4.78, 5) is 2.34. The van der Waals surface area contributed by atoms with Gasteiger partial charge in [-0.25, -0.2) is 0 Å². The van der Waals surface area contributed by atoms with Crippen LogP contribution < -0.4 is 4.90 Å². The molecule has 278 valence electrons. The Morgan fingerprint density at radius 1 is 0.789 bits per heavy atom. The zero-order valence-corrected chi connectivity index (χ0v) is 32.9. The largest absolute Gasteiger partial charge is 0.309 e. The number of hydrogen-bond donors (Lipinski definition) is 0. The van der Waals surface area contributed by atoms with E-state index in [9.17, 15) is 0 Å². The van der Waals surface area contributed by atoms with Gasteiger partial charge >= 0.3 is 0 Å². The summed E-state index contributed by atoms with van der Waals surface area (Å²) in [5, 5.41) is 2.49. The van der Waals surface area contributed by atoms with Crippen LogP contribution in [0.25, 0.3) is 38.6 Å². The lowest BCUT2D eigenvalue weighted by Crippen LogP contribution is -2.23. The fraction of sp³-hybridized carbons (Fsp3) is 0.109. The van der Waals surface area contributed by atoms with Gasteiger partial charge in [0.1, 0.15) is 0 Å². The van der Waals surface area contributed by atoms with Crippen LogP contribution in [-0.4, -0.2) is 4.57 Å². The molecular formula is C55H48N2. The summed E-state index contributed by atoms with van der Waals surface area (Å²) >= 11 is 0. The molecule has 2 heteroatoms. The van der Waals surface area contributed by atoms with E-state index in [2.05, 4.69) is 224 Å². The van der Waals surface area contributed by atoms with Crippen molar-refractivity contribution >= 4 is 27.5 Å². The molecule has 0 N–H and O–H groups in total. The molecule has 0 aliphatic heterocycles. The maximum Gasteiger partial charge on any atom is 0.0891 e. The predicted molar refractivity (Wildman–Crippen MR) is 244 cm³/mol. The summed E-state index contributed by atoms with van der Waals surface area (Å²) in [6.45, 7) is 13.3. The first-order valence-corrected chi connectivity index (χ1v) is 19.8. The molecule has 57 heavy (non-hydrogen) atoms. The van der Waals surface area contributed by atoms with Crippen molar-refractivity contribution in [1.82, 2.24) is 4.57 Å². The van der Waals surface area contributed by atoms with Crippen LogP contribution in [0, 0.1) is 5.41 Å². The van der Waals surface area contributed by atoms with Crippen molar-refractivity contribution in [2.45, 2.75) is 33.1 Å². The molecule has 0 atom stereocenters. The number of fused-ring (bicyclic) bond motifs is 4. The number of aromatic nitrogens is 1. The second-order valence-electron chi connectivity index (χ2n) is 15.3. The Balaban J connectivity index is 1.20. The molecule has 0 fully saturated rings. The summed E-state index contributed by atoms with van der Waals surface area (Å²) in [7, 11) is 0. The molecule has 0 radical (unpaired) electrons. The third-order valence-electron chi connectivity index (χ3n) is 11.0. The van der Waals surface area contributed by atoms with Crippen LogP contribution in [0.3, 0.4) is 0 Å². The Kier molecular flexibility index (Phi) is 10.7. The molecule has 5 aromatic carbocycles. The highest BCUT2D eigenvalue weighted by Gasteiger charge is 2.28. The molecule has 2 aliphatic rings. The highest BCUT2D eigenvalue weighted by atomic mass is 15.2. The molecule has 0 saturated heterocycles. The number of anilines is 1. The topological polar surface area (TPSA) is 8.17 Å². The van der Waals surface area contributed by atoms with Crippen LogP contribution in [0.1, 0.15) is 32.3 Å². The first-order valence-electron chi connectivity index (χ1n) is 19.8. The van der Waals surface area contributed by atoms with Crippen LogP contribution in [-0.2, 0) is 6.42 Å². The standard InChI is InChI=1S/C55H48N2/c1-5-20-45(27-15-14-24-42-22-10-6-11-23-42)56(48-28-19-30-49-41(2)21-9-8-18-38-55(3,4)52(49)40-48)47-35-32-43(33-36-47)44-34-37-54-51(39-44)50-29-16-17-31-53(50)57(54)46-25-12-7-13-26-46/h5-23,25-26,29-37,39-40H,1-2,24,27,38H2,3-4H3/b15-14-,18-8-,21-9-,45-20+. The van der Waals surface area contributed by atoms with Crippen molar-refractivity contribution in [2.24, 2.45) is 5.41 Å². The summed E-state index contributed by atoms with van der Waals surface area (Å²) in [6, 6.07) is 45.7. The Morgan fingerprint density at radius 3 is 2.30 bits per heavy atom. The molecule has 6 aromatic rings. The van der Waals surface area contributed by atoms with E-state index in [1.807, 2.05) is 12.2 Å². The second kappa shape index (κ2) is 16.5. The monoisotopic (exact) mass is 736 g/mol. The predicted octanol–water partition coefficient (Wildman–Crippen LogP) is 14.5. The van der Waals surface area contributed by atoms with E-state index in [4.69, 9.17) is 0 Å². The fourth-order valence-corrected chi connectivity index (χ4v) is 8.02. The molecule has 0 spiro atoms. The zero-order valence-electron chi connectivity index (χ0n) is 32.9. The van der Waals surface area contributed by atoms with Gasteiger partial charge in [0.2, 0.25) is 0 Å². The van der Waals surface area contributed by atoms with Crippen LogP contribution in [0.15, 0.2) is 241 Å². The van der Waals surface area contributed by atoms with Crippen molar-refractivity contribution in [1.29, 1.82) is 0 Å². The summed E-state index contributed by atoms with van der Waals surface area (Å²) in [6.07, 6.45) is 26.2. The van der Waals surface area contributed by atoms with Gasteiger partial charge in [0, 0.05) is 34.3 Å². The van der Waals surface area contributed by atoms with Gasteiger partial charge in [-0.15, -0.1) is 0 Å². The maximum absolute atomic E-state index is 4.47. The smallest absolute Gasteiger partial charge is 0.0891 e. The van der Waals surface area contributed by atoms with Crippen molar-refractivity contribution in [2.75, 3.05) is 4.90 Å². The molecule has 2 nitrogen and oxygen atoms in total. The summed E-state index contributed by atoms with van der Waals surface area (Å²) < 4.78 is 2.36. The van der Waals surface area contributed by atoms with Crippen LogP contribution in [0.2, 0.25) is 0 Å². The third-order valence-corrected chi connectivity index (χ3v) is 11.0. The first kappa shape index (κ1) is 37.1. The zero-order chi connectivity index (χ0) is 39.2. The van der Waals surface area contributed by atoms with E-state index in [0.717, 1.165) is 58.7 Å². The lowest BCUT2D eigenvalue weighted by Gasteiger charge is -2.32. The van der Waals surface area contributed by atoms with E-state index >= 15 is 0 Å². The van der Waals surface area contributed by atoms with E-state index in [1.165, 1.54) is 38.5 Å². The van der Waals surface area contributed by atoms with Gasteiger partial charge < -0.3 is 9.47 Å². The second-order valence-corrected chi connectivity index (χ2v) is 15.3. The lowest BCUT2D eigenvalue weighted by atomic mass is 9.75. The van der Waals surface area contributed by atoms with Gasteiger partial charge in [-0.3, -0.25) is 0 Å². The van der Waals surface area contributed by atoms with Crippen molar-refractivity contribution in [3.8, 4) is 16.8 Å². The number of benzene rings is 5. The van der Waals surface area contributed by atoms with Gasteiger partial charge in [0.15, 0.2) is 0 Å². The number of para-hydroxylation sites is 2. The van der Waals surface area contributed by atoms with E-state index in [0.29, 0.717) is 0 Å². The lowest BCUT2D eigenvalue weighted by molar-refractivity contribution is 0.460. The number of allylic oxidation sites excluding steroid dienone is 13. The van der Waals surface area contributed by atoms with E-state index in [1.54, 1.807) is 0 Å². The Labute approximate surface area is 337 Å². The average molecular weight is 737 g/mol. The minimum absolute atomic E-state index is 0.141. The fourth-order valence-electron chi connectivity index (χ4n) is 8.02. The first-order chi connectivity index (χ1) is 27.9. The quantitative estimate of drug-likeness (QED) is 0.0772. The molecule has 1 heterocycles. The molecule has 1 aromatic heterocycles. The van der Waals surface area contributed by atoms with Gasteiger partial charge in [-0.05, 0) is 118 Å². The van der Waals surface area contributed by atoms with Crippen molar-refractivity contribution in [3.63, 3.8) is 0 Å². The van der Waals surface area contributed by atoms with E-state index in [-0.39, 0.29) is 5.41 Å². The van der Waals surface area contributed by atoms with Gasteiger partial charge in [-0.2, -0.15) is 0 Å². The Morgan fingerprint density at radius 2 is 1.51 bits per heavy atom. The Hall–Kier alpha value is -6.86. The molecule has 2 aliphatic carbocycles. The molecule has 0 saturated carbocycles. The van der Waals surface area contributed by atoms with Gasteiger partial charge in [0.05, 0.1) is 16.7 Å². The van der Waals surface area contributed by atoms with Crippen LogP contribution >= 0.6 is 0 Å². The average Bonchev–Trinajstić information content (AvgIpc) is 3.42. The van der Waals surface area contributed by atoms with Gasteiger partial charge in [0.25, 0.3) is 0 Å². The van der Waals surface area contributed by atoms with Crippen molar-refractivity contribution in [3.05, 3.63) is 247 Å². The molecular weight excluding hydrogens is 689 g/mol. The SMILES string of the molecule is C=C/C=C(\C/C=C\Cc1ccccc1)N(C1=C=CC=C2C(=C)/C=C\C=C/CC(C)(C)C2=C1)c1ccc(-c2ccc3c(c2)c2ccccc2n3-c2ccccc2)cc1. The maximum atomic E-state index is 4.47. The molecule has 0 unspecified atom stereocenters. The number of rotatable bonds is 10. The third kappa shape index (κ3) is 7.82. The molecule has 8 rings (SSSR count). The van der Waals surface area contributed by atoms with Crippen LogP contribution in [0.5, 0.6) is 0 Å².